The van der Waals surface area contributed by atoms with Crippen LogP contribution < -0.4 is 0 Å². The molecule has 0 radical (unpaired) electrons. The third-order valence-corrected chi connectivity index (χ3v) is 3.53. The molecule has 0 atom stereocenters. The number of alkyl halides is 1. The Bertz CT molecular complexity index is 198. The van der Waals surface area contributed by atoms with E-state index in [0.717, 1.165) is 31.0 Å². The summed E-state index contributed by atoms with van der Waals surface area (Å²) in [4.78, 5) is 11.2. The highest BCUT2D eigenvalue weighted by Crippen LogP contribution is 2.05. The number of hydrogen-bond donors (Lipinski definition) is 0. The van der Waals surface area contributed by atoms with Crippen molar-refractivity contribution in [1.29, 1.82) is 0 Å². The van der Waals surface area contributed by atoms with Crippen LogP contribution in [-0.4, -0.2) is 24.7 Å². The van der Waals surface area contributed by atoms with Gasteiger partial charge in [-0.1, -0.05) is 67.8 Å². The van der Waals surface area contributed by atoms with Gasteiger partial charge in [0.2, 0.25) is 0 Å². The van der Waals surface area contributed by atoms with E-state index in [4.69, 9.17) is 9.47 Å². The highest BCUT2D eigenvalue weighted by Gasteiger charge is 2.02. The maximum absolute atomic E-state index is 11.2. The summed E-state index contributed by atoms with van der Waals surface area (Å²) in [6.45, 7) is 3.19. The minimum atomic E-state index is -0.506. The molecule has 0 aliphatic rings. The highest BCUT2D eigenvalue weighted by molar-refractivity contribution is 9.09. The van der Waals surface area contributed by atoms with E-state index in [1.54, 1.807) is 0 Å². The van der Waals surface area contributed by atoms with Crippen molar-refractivity contribution in [1.82, 2.24) is 0 Å². The van der Waals surface area contributed by atoms with E-state index in [1.165, 1.54) is 38.5 Å². The molecule has 0 amide bonds. The van der Waals surface area contributed by atoms with Gasteiger partial charge in [0.1, 0.15) is 0 Å². The second kappa shape index (κ2) is 15.8. The minimum Gasteiger partial charge on any atom is -0.434 e. The van der Waals surface area contributed by atoms with Crippen molar-refractivity contribution in [3.8, 4) is 0 Å². The van der Waals surface area contributed by atoms with Gasteiger partial charge in [0.15, 0.2) is 0 Å². The zero-order valence-corrected chi connectivity index (χ0v) is 13.9. The molecule has 19 heavy (non-hydrogen) atoms. The predicted octanol–water partition coefficient (Wildman–Crippen LogP) is 5.46. The first-order chi connectivity index (χ1) is 9.31. The van der Waals surface area contributed by atoms with Crippen LogP contribution in [0.5, 0.6) is 0 Å². The smallest absolute Gasteiger partial charge is 0.434 e. The first-order valence-corrected chi connectivity index (χ1v) is 8.79. The van der Waals surface area contributed by atoms with E-state index in [-0.39, 0.29) is 0 Å². The molecule has 0 bridgehead atoms. The van der Waals surface area contributed by atoms with Gasteiger partial charge in [-0.2, -0.15) is 0 Å². The molecule has 0 N–H and O–H groups in total. The average Bonchev–Trinajstić information content (AvgIpc) is 2.41. The fourth-order valence-corrected chi connectivity index (χ4v) is 2.18. The molecular formula is C15H29BrO3. The van der Waals surface area contributed by atoms with Gasteiger partial charge in [0.25, 0.3) is 0 Å². The van der Waals surface area contributed by atoms with Crippen molar-refractivity contribution in [2.45, 2.75) is 71.1 Å². The van der Waals surface area contributed by atoms with Crippen molar-refractivity contribution < 1.29 is 14.3 Å². The van der Waals surface area contributed by atoms with Crippen LogP contribution in [0.2, 0.25) is 0 Å². The minimum absolute atomic E-state index is 0.484. The van der Waals surface area contributed by atoms with Gasteiger partial charge in [-0.25, -0.2) is 4.79 Å². The molecule has 0 rings (SSSR count). The van der Waals surface area contributed by atoms with Crippen molar-refractivity contribution in [2.75, 3.05) is 18.5 Å². The standard InChI is InChI=1S/C15H29BrO3/c1-2-3-4-5-7-10-13-18-15(17)19-14-11-8-6-9-12-16/h2-14H2,1H3. The summed E-state index contributed by atoms with van der Waals surface area (Å²) < 4.78 is 10.0. The molecular weight excluding hydrogens is 308 g/mol. The van der Waals surface area contributed by atoms with Gasteiger partial charge in [0.05, 0.1) is 13.2 Å². The van der Waals surface area contributed by atoms with E-state index in [9.17, 15) is 4.79 Å². The van der Waals surface area contributed by atoms with Gasteiger partial charge >= 0.3 is 6.16 Å². The van der Waals surface area contributed by atoms with Crippen LogP contribution in [0.3, 0.4) is 0 Å². The fraction of sp³-hybridized carbons (Fsp3) is 0.933. The lowest BCUT2D eigenvalue weighted by molar-refractivity contribution is 0.0529. The Hall–Kier alpha value is -0.250. The van der Waals surface area contributed by atoms with Crippen LogP contribution in [0.15, 0.2) is 0 Å². The lowest BCUT2D eigenvalue weighted by Gasteiger charge is -2.06. The first kappa shape index (κ1) is 18.8. The number of unbranched alkanes of at least 4 members (excludes halogenated alkanes) is 8. The van der Waals surface area contributed by atoms with Gasteiger partial charge in [-0.3, -0.25) is 0 Å². The van der Waals surface area contributed by atoms with Crippen LogP contribution in [0.1, 0.15) is 71.1 Å². The van der Waals surface area contributed by atoms with Crippen LogP contribution in [-0.2, 0) is 9.47 Å². The Kier molecular flexibility index (Phi) is 15.6. The molecule has 0 aromatic carbocycles. The third kappa shape index (κ3) is 15.7. The SMILES string of the molecule is CCCCCCCCOC(=O)OCCCCCCBr. The monoisotopic (exact) mass is 336 g/mol. The molecule has 0 aromatic heterocycles. The second-order valence-electron chi connectivity index (χ2n) is 4.82. The van der Waals surface area contributed by atoms with E-state index < -0.39 is 6.16 Å². The molecule has 0 saturated heterocycles. The van der Waals surface area contributed by atoms with Crippen LogP contribution in [0, 0.1) is 0 Å². The Balaban J connectivity index is 3.13. The van der Waals surface area contributed by atoms with Crippen LogP contribution >= 0.6 is 15.9 Å². The quantitative estimate of drug-likeness (QED) is 0.254. The molecule has 0 unspecified atom stereocenters. The Morgan fingerprint density at radius 1 is 0.789 bits per heavy atom. The fourth-order valence-electron chi connectivity index (χ4n) is 1.79. The highest BCUT2D eigenvalue weighted by atomic mass is 79.9. The van der Waals surface area contributed by atoms with Crippen molar-refractivity contribution in [2.24, 2.45) is 0 Å². The first-order valence-electron chi connectivity index (χ1n) is 7.66. The van der Waals surface area contributed by atoms with Gasteiger partial charge in [0, 0.05) is 5.33 Å². The number of ether oxygens (including phenoxy) is 2. The zero-order chi connectivity index (χ0) is 14.2. The lowest BCUT2D eigenvalue weighted by Crippen LogP contribution is -2.09. The van der Waals surface area contributed by atoms with E-state index in [2.05, 4.69) is 22.9 Å². The molecule has 0 heterocycles. The Labute approximate surface area is 126 Å². The van der Waals surface area contributed by atoms with Crippen molar-refractivity contribution >= 4 is 22.1 Å². The Morgan fingerprint density at radius 2 is 1.26 bits per heavy atom. The summed E-state index contributed by atoms with van der Waals surface area (Å²) in [5, 5.41) is 1.05. The summed E-state index contributed by atoms with van der Waals surface area (Å²) in [5.41, 5.74) is 0. The molecule has 0 saturated carbocycles. The Morgan fingerprint density at radius 3 is 1.79 bits per heavy atom. The normalized spacial score (nSPS) is 10.4. The van der Waals surface area contributed by atoms with Gasteiger partial charge < -0.3 is 9.47 Å². The van der Waals surface area contributed by atoms with Gasteiger partial charge in [-0.15, -0.1) is 0 Å². The van der Waals surface area contributed by atoms with E-state index in [0.29, 0.717) is 13.2 Å². The van der Waals surface area contributed by atoms with E-state index in [1.807, 2.05) is 0 Å². The number of carbonyl (C=O) groups is 1. The third-order valence-electron chi connectivity index (χ3n) is 2.97. The zero-order valence-electron chi connectivity index (χ0n) is 12.3. The molecule has 3 nitrogen and oxygen atoms in total. The largest absolute Gasteiger partial charge is 0.508 e. The molecule has 0 aromatic rings. The van der Waals surface area contributed by atoms with Crippen LogP contribution in [0.4, 0.5) is 4.79 Å². The lowest BCUT2D eigenvalue weighted by atomic mass is 10.1. The average molecular weight is 337 g/mol. The second-order valence-corrected chi connectivity index (χ2v) is 5.61. The summed E-state index contributed by atoms with van der Waals surface area (Å²) in [5.74, 6) is 0. The number of rotatable bonds is 13. The van der Waals surface area contributed by atoms with Crippen molar-refractivity contribution in [3.05, 3.63) is 0 Å². The summed E-state index contributed by atoms with van der Waals surface area (Å²) >= 11 is 3.39. The molecule has 0 aliphatic heterocycles. The summed E-state index contributed by atoms with van der Waals surface area (Å²) in [6.07, 6.45) is 11.1. The summed E-state index contributed by atoms with van der Waals surface area (Å²) in [7, 11) is 0. The maximum atomic E-state index is 11.2. The topological polar surface area (TPSA) is 35.5 Å². The number of halogens is 1. The molecule has 4 heteroatoms. The maximum Gasteiger partial charge on any atom is 0.508 e. The molecule has 114 valence electrons. The predicted molar refractivity (Wildman–Crippen MR) is 82.9 cm³/mol. The van der Waals surface area contributed by atoms with Crippen LogP contribution in [0.25, 0.3) is 0 Å². The number of carbonyl (C=O) groups excluding carboxylic acids is 1. The molecule has 0 fully saturated rings. The van der Waals surface area contributed by atoms with Crippen molar-refractivity contribution in [3.63, 3.8) is 0 Å². The number of hydrogen-bond acceptors (Lipinski definition) is 3. The van der Waals surface area contributed by atoms with Gasteiger partial charge in [-0.05, 0) is 19.3 Å². The van der Waals surface area contributed by atoms with E-state index >= 15 is 0 Å². The molecule has 0 aliphatic carbocycles. The molecule has 0 spiro atoms. The summed E-state index contributed by atoms with van der Waals surface area (Å²) in [6, 6.07) is 0.